The number of hydrogen-bond donors (Lipinski definition) is 0. The van der Waals surface area contributed by atoms with Crippen LogP contribution in [0.3, 0.4) is 0 Å². The number of aromatic nitrogens is 3. The standard InChI is InChI=1S/C24H31N3O/c1-5-28-21-13-11-20(12-14-21)27-17(3)23-16(2)25-26-22(24(23)18(27)4)15-10-19-8-6-7-9-19/h11-14,19H,5-10,15H2,1-4H3. The van der Waals surface area contributed by atoms with E-state index in [2.05, 4.69) is 47.7 Å². The van der Waals surface area contributed by atoms with Crippen LogP contribution < -0.4 is 4.74 Å². The molecule has 0 amide bonds. The minimum Gasteiger partial charge on any atom is -0.494 e. The summed E-state index contributed by atoms with van der Waals surface area (Å²) in [5.41, 5.74) is 5.85. The molecule has 1 aliphatic rings. The molecule has 0 saturated heterocycles. The van der Waals surface area contributed by atoms with Gasteiger partial charge in [-0.2, -0.15) is 10.2 Å². The van der Waals surface area contributed by atoms with E-state index >= 15 is 0 Å². The molecular formula is C24H31N3O. The molecule has 4 heteroatoms. The predicted molar refractivity (Wildman–Crippen MR) is 115 cm³/mol. The molecule has 0 atom stereocenters. The van der Waals surface area contributed by atoms with Gasteiger partial charge in [0.15, 0.2) is 0 Å². The van der Waals surface area contributed by atoms with Crippen molar-refractivity contribution in [3.05, 3.63) is 47.0 Å². The molecule has 0 N–H and O–H groups in total. The van der Waals surface area contributed by atoms with Gasteiger partial charge in [-0.25, -0.2) is 0 Å². The third kappa shape index (κ3) is 3.41. The second-order valence-corrected chi connectivity index (χ2v) is 8.10. The maximum Gasteiger partial charge on any atom is 0.119 e. The van der Waals surface area contributed by atoms with Crippen LogP contribution in [0.1, 0.15) is 61.8 Å². The molecule has 1 fully saturated rings. The van der Waals surface area contributed by atoms with Crippen LogP contribution in [-0.2, 0) is 6.42 Å². The van der Waals surface area contributed by atoms with Gasteiger partial charge in [-0.15, -0.1) is 0 Å². The van der Waals surface area contributed by atoms with Gasteiger partial charge in [-0.1, -0.05) is 25.7 Å². The minimum atomic E-state index is 0.686. The lowest BCUT2D eigenvalue weighted by atomic mass is 9.98. The Morgan fingerprint density at radius 3 is 2.32 bits per heavy atom. The molecule has 148 valence electrons. The average molecular weight is 378 g/mol. The summed E-state index contributed by atoms with van der Waals surface area (Å²) < 4.78 is 7.95. The normalized spacial score (nSPS) is 14.9. The molecule has 2 aromatic heterocycles. The van der Waals surface area contributed by atoms with Gasteiger partial charge in [-0.05, 0) is 70.7 Å². The van der Waals surface area contributed by atoms with Crippen LogP contribution in [0.25, 0.3) is 16.5 Å². The lowest BCUT2D eigenvalue weighted by Gasteiger charge is -2.11. The Labute approximate surface area is 167 Å². The van der Waals surface area contributed by atoms with E-state index in [0.717, 1.165) is 35.2 Å². The van der Waals surface area contributed by atoms with E-state index in [9.17, 15) is 0 Å². The fourth-order valence-corrected chi connectivity index (χ4v) is 4.93. The Morgan fingerprint density at radius 1 is 0.964 bits per heavy atom. The Kier molecular flexibility index (Phi) is 5.38. The highest BCUT2D eigenvalue weighted by Gasteiger charge is 2.21. The van der Waals surface area contributed by atoms with Crippen molar-refractivity contribution in [1.29, 1.82) is 0 Å². The molecule has 0 unspecified atom stereocenters. The van der Waals surface area contributed by atoms with Crippen molar-refractivity contribution in [3.63, 3.8) is 0 Å². The van der Waals surface area contributed by atoms with Crippen molar-refractivity contribution in [3.8, 4) is 11.4 Å². The van der Waals surface area contributed by atoms with Crippen LogP contribution >= 0.6 is 0 Å². The summed E-state index contributed by atoms with van der Waals surface area (Å²) in [4.78, 5) is 0. The Balaban J connectivity index is 1.75. The third-order valence-electron chi connectivity index (χ3n) is 6.29. The van der Waals surface area contributed by atoms with Crippen LogP contribution in [0.2, 0.25) is 0 Å². The zero-order valence-corrected chi connectivity index (χ0v) is 17.6. The maximum atomic E-state index is 5.61. The summed E-state index contributed by atoms with van der Waals surface area (Å²) >= 11 is 0. The molecule has 0 spiro atoms. The second kappa shape index (κ2) is 7.94. The molecule has 3 aromatic rings. The van der Waals surface area contributed by atoms with E-state index in [-0.39, 0.29) is 0 Å². The quantitative estimate of drug-likeness (QED) is 0.539. The van der Waals surface area contributed by atoms with Gasteiger partial charge < -0.3 is 9.30 Å². The van der Waals surface area contributed by atoms with Gasteiger partial charge >= 0.3 is 0 Å². The van der Waals surface area contributed by atoms with Crippen molar-refractivity contribution in [1.82, 2.24) is 14.8 Å². The van der Waals surface area contributed by atoms with E-state index in [4.69, 9.17) is 4.74 Å². The summed E-state index contributed by atoms with van der Waals surface area (Å²) in [6.45, 7) is 9.18. The molecular weight excluding hydrogens is 346 g/mol. The number of rotatable bonds is 6. The first-order valence-corrected chi connectivity index (χ1v) is 10.7. The number of benzene rings is 1. The molecule has 1 saturated carbocycles. The monoisotopic (exact) mass is 377 g/mol. The summed E-state index contributed by atoms with van der Waals surface area (Å²) in [5.74, 6) is 1.78. The first kappa shape index (κ1) is 19.0. The molecule has 28 heavy (non-hydrogen) atoms. The van der Waals surface area contributed by atoms with Crippen molar-refractivity contribution < 1.29 is 4.74 Å². The summed E-state index contributed by atoms with van der Waals surface area (Å²) in [6, 6.07) is 8.37. The van der Waals surface area contributed by atoms with Gasteiger partial charge in [0.1, 0.15) is 5.75 Å². The topological polar surface area (TPSA) is 39.9 Å². The molecule has 0 radical (unpaired) electrons. The lowest BCUT2D eigenvalue weighted by Crippen LogP contribution is -2.02. The van der Waals surface area contributed by atoms with Gasteiger partial charge in [0.05, 0.1) is 18.0 Å². The van der Waals surface area contributed by atoms with Crippen LogP contribution in [0, 0.1) is 26.7 Å². The van der Waals surface area contributed by atoms with E-state index < -0.39 is 0 Å². The lowest BCUT2D eigenvalue weighted by molar-refractivity contribution is 0.340. The fourth-order valence-electron chi connectivity index (χ4n) is 4.93. The number of fused-ring (bicyclic) bond motifs is 1. The Hall–Kier alpha value is -2.36. The highest BCUT2D eigenvalue weighted by Crippen LogP contribution is 2.34. The Bertz CT molecular complexity index is 966. The zero-order chi connectivity index (χ0) is 19.7. The highest BCUT2D eigenvalue weighted by molar-refractivity contribution is 5.92. The number of hydrogen-bond acceptors (Lipinski definition) is 3. The summed E-state index contributed by atoms with van der Waals surface area (Å²) in [6.07, 6.45) is 7.82. The number of nitrogens with zero attached hydrogens (tertiary/aromatic N) is 3. The molecule has 2 heterocycles. The van der Waals surface area contributed by atoms with E-state index in [1.807, 2.05) is 19.1 Å². The molecule has 0 bridgehead atoms. The van der Waals surface area contributed by atoms with Crippen molar-refractivity contribution >= 4 is 10.8 Å². The van der Waals surface area contributed by atoms with E-state index in [1.165, 1.54) is 54.3 Å². The molecule has 4 rings (SSSR count). The first-order valence-electron chi connectivity index (χ1n) is 10.7. The largest absolute Gasteiger partial charge is 0.494 e. The van der Waals surface area contributed by atoms with Crippen molar-refractivity contribution in [2.75, 3.05) is 6.61 Å². The number of ether oxygens (including phenoxy) is 1. The third-order valence-corrected chi connectivity index (χ3v) is 6.29. The van der Waals surface area contributed by atoms with E-state index in [0.29, 0.717) is 6.61 Å². The number of aryl methyl sites for hydroxylation is 4. The van der Waals surface area contributed by atoms with Crippen LogP contribution in [0.4, 0.5) is 0 Å². The first-order chi connectivity index (χ1) is 13.6. The van der Waals surface area contributed by atoms with Crippen molar-refractivity contribution in [2.24, 2.45) is 5.92 Å². The van der Waals surface area contributed by atoms with E-state index in [1.54, 1.807) is 0 Å². The van der Waals surface area contributed by atoms with Crippen LogP contribution in [-0.4, -0.2) is 21.4 Å². The zero-order valence-electron chi connectivity index (χ0n) is 17.6. The second-order valence-electron chi connectivity index (χ2n) is 8.10. The SMILES string of the molecule is CCOc1ccc(-n2c(C)c3c(C)nnc(CCC4CCCC4)c3c2C)cc1. The van der Waals surface area contributed by atoms with Gasteiger partial charge in [0, 0.05) is 27.8 Å². The predicted octanol–water partition coefficient (Wildman–Crippen LogP) is 5.87. The molecule has 1 aliphatic carbocycles. The molecule has 1 aromatic carbocycles. The Morgan fingerprint density at radius 2 is 1.64 bits per heavy atom. The highest BCUT2D eigenvalue weighted by atomic mass is 16.5. The molecule has 0 aliphatic heterocycles. The van der Waals surface area contributed by atoms with Crippen LogP contribution in [0.15, 0.2) is 24.3 Å². The fraction of sp³-hybridized carbons (Fsp3) is 0.500. The summed E-state index contributed by atoms with van der Waals surface area (Å²) in [7, 11) is 0. The van der Waals surface area contributed by atoms with Crippen LogP contribution in [0.5, 0.6) is 5.75 Å². The van der Waals surface area contributed by atoms with Gasteiger partial charge in [0.2, 0.25) is 0 Å². The average Bonchev–Trinajstić information content (AvgIpc) is 3.30. The smallest absolute Gasteiger partial charge is 0.119 e. The minimum absolute atomic E-state index is 0.686. The van der Waals surface area contributed by atoms with Gasteiger partial charge in [-0.3, -0.25) is 0 Å². The van der Waals surface area contributed by atoms with Gasteiger partial charge in [0.25, 0.3) is 0 Å². The maximum absolute atomic E-state index is 5.61. The van der Waals surface area contributed by atoms with Crippen molar-refractivity contribution in [2.45, 2.75) is 66.2 Å². The molecule has 4 nitrogen and oxygen atoms in total. The summed E-state index contributed by atoms with van der Waals surface area (Å²) in [5, 5.41) is 11.7.